The van der Waals surface area contributed by atoms with E-state index in [0.717, 1.165) is 10.4 Å². The lowest BCUT2D eigenvalue weighted by Crippen LogP contribution is -2.04. The quantitative estimate of drug-likeness (QED) is 0.810. The Morgan fingerprint density at radius 3 is 2.80 bits per heavy atom. The van der Waals surface area contributed by atoms with Crippen LogP contribution >= 0.6 is 11.3 Å². The highest BCUT2D eigenvalue weighted by atomic mass is 32.1. The van der Waals surface area contributed by atoms with Crippen molar-refractivity contribution in [3.63, 3.8) is 0 Å². The van der Waals surface area contributed by atoms with Gasteiger partial charge in [-0.25, -0.2) is 0 Å². The van der Waals surface area contributed by atoms with Crippen molar-refractivity contribution in [1.29, 1.82) is 0 Å². The summed E-state index contributed by atoms with van der Waals surface area (Å²) in [6, 6.07) is 1.98. The molecular formula is C10H13N3OS. The van der Waals surface area contributed by atoms with Crippen LogP contribution in [0.4, 0.5) is 5.82 Å². The molecule has 1 unspecified atom stereocenters. The predicted molar refractivity (Wildman–Crippen MR) is 60.7 cm³/mol. The van der Waals surface area contributed by atoms with Gasteiger partial charge < -0.3 is 10.8 Å². The first kappa shape index (κ1) is 10.2. The van der Waals surface area contributed by atoms with Crippen molar-refractivity contribution in [1.82, 2.24) is 9.78 Å². The van der Waals surface area contributed by atoms with Gasteiger partial charge in [0.15, 0.2) is 0 Å². The molecule has 2 heterocycles. The molecular weight excluding hydrogens is 210 g/mol. The van der Waals surface area contributed by atoms with E-state index >= 15 is 0 Å². The molecule has 0 bridgehead atoms. The van der Waals surface area contributed by atoms with E-state index in [-0.39, 0.29) is 0 Å². The Morgan fingerprint density at radius 2 is 2.33 bits per heavy atom. The average molecular weight is 223 g/mol. The molecule has 5 heteroatoms. The number of anilines is 1. The zero-order valence-electron chi connectivity index (χ0n) is 8.64. The standard InChI is InChI=1S/C10H13N3OS/c1-6-3-4-15-9(6)8(14)7-5-12-13(2)10(7)11/h3-5,8,14H,11H2,1-2H3. The van der Waals surface area contributed by atoms with Crippen molar-refractivity contribution in [3.05, 3.63) is 33.6 Å². The Labute approximate surface area is 92.0 Å². The minimum atomic E-state index is -0.668. The van der Waals surface area contributed by atoms with Crippen LogP contribution < -0.4 is 5.73 Å². The van der Waals surface area contributed by atoms with Gasteiger partial charge in [0.25, 0.3) is 0 Å². The van der Waals surface area contributed by atoms with Gasteiger partial charge in [-0.05, 0) is 23.9 Å². The maximum absolute atomic E-state index is 10.1. The van der Waals surface area contributed by atoms with Crippen molar-refractivity contribution in [2.45, 2.75) is 13.0 Å². The number of aliphatic hydroxyl groups excluding tert-OH is 1. The van der Waals surface area contributed by atoms with Crippen LogP contribution in [0.1, 0.15) is 22.1 Å². The van der Waals surface area contributed by atoms with E-state index in [1.165, 1.54) is 11.3 Å². The largest absolute Gasteiger partial charge is 0.384 e. The first-order valence-electron chi connectivity index (χ1n) is 4.60. The van der Waals surface area contributed by atoms with Crippen LogP contribution in [0.15, 0.2) is 17.6 Å². The Kier molecular flexibility index (Phi) is 2.50. The summed E-state index contributed by atoms with van der Waals surface area (Å²) >= 11 is 1.53. The summed E-state index contributed by atoms with van der Waals surface area (Å²) in [5.41, 5.74) is 7.55. The highest BCUT2D eigenvalue weighted by molar-refractivity contribution is 7.10. The van der Waals surface area contributed by atoms with Crippen LogP contribution in [-0.2, 0) is 7.05 Å². The third-order valence-electron chi connectivity index (χ3n) is 2.46. The van der Waals surface area contributed by atoms with Gasteiger partial charge in [0, 0.05) is 17.5 Å². The monoisotopic (exact) mass is 223 g/mol. The number of aryl methyl sites for hydroxylation is 2. The number of rotatable bonds is 2. The van der Waals surface area contributed by atoms with Gasteiger partial charge in [0.1, 0.15) is 11.9 Å². The number of aromatic nitrogens is 2. The third-order valence-corrected chi connectivity index (χ3v) is 3.53. The maximum Gasteiger partial charge on any atom is 0.127 e. The number of aliphatic hydroxyl groups is 1. The third kappa shape index (κ3) is 1.64. The fourth-order valence-electron chi connectivity index (χ4n) is 1.48. The SMILES string of the molecule is Cc1ccsc1C(O)c1cnn(C)c1N. The normalized spacial score (nSPS) is 13.0. The lowest BCUT2D eigenvalue weighted by atomic mass is 10.1. The lowest BCUT2D eigenvalue weighted by molar-refractivity contribution is 0.224. The number of hydrogen-bond acceptors (Lipinski definition) is 4. The van der Waals surface area contributed by atoms with E-state index in [0.29, 0.717) is 11.4 Å². The summed E-state index contributed by atoms with van der Waals surface area (Å²) in [5.74, 6) is 0.510. The molecule has 0 aliphatic rings. The molecule has 2 aromatic heterocycles. The first-order chi connectivity index (χ1) is 7.11. The van der Waals surface area contributed by atoms with Gasteiger partial charge >= 0.3 is 0 Å². The Morgan fingerprint density at radius 1 is 1.60 bits per heavy atom. The van der Waals surface area contributed by atoms with Crippen LogP contribution in [0.5, 0.6) is 0 Å². The zero-order valence-corrected chi connectivity index (χ0v) is 9.45. The topological polar surface area (TPSA) is 64.1 Å². The molecule has 80 valence electrons. The van der Waals surface area contributed by atoms with E-state index in [9.17, 15) is 5.11 Å². The predicted octanol–water partition coefficient (Wildman–Crippen LogP) is 1.45. The number of nitrogens with zero attached hydrogens (tertiary/aromatic N) is 2. The van der Waals surface area contributed by atoms with E-state index in [4.69, 9.17) is 5.73 Å². The minimum absolute atomic E-state index is 0.510. The molecule has 0 fully saturated rings. The van der Waals surface area contributed by atoms with E-state index in [2.05, 4.69) is 5.10 Å². The molecule has 3 N–H and O–H groups in total. The van der Waals surface area contributed by atoms with Gasteiger partial charge in [0.2, 0.25) is 0 Å². The van der Waals surface area contributed by atoms with Gasteiger partial charge in [0.05, 0.1) is 6.20 Å². The van der Waals surface area contributed by atoms with Crippen LogP contribution in [-0.4, -0.2) is 14.9 Å². The minimum Gasteiger partial charge on any atom is -0.384 e. The number of nitrogen functional groups attached to an aromatic ring is 1. The number of thiophene rings is 1. The molecule has 0 spiro atoms. The second kappa shape index (κ2) is 3.67. The Hall–Kier alpha value is -1.33. The van der Waals surface area contributed by atoms with Crippen LogP contribution in [0.3, 0.4) is 0 Å². The fourth-order valence-corrected chi connectivity index (χ4v) is 2.41. The van der Waals surface area contributed by atoms with E-state index in [1.54, 1.807) is 17.9 Å². The second-order valence-electron chi connectivity index (χ2n) is 3.48. The Bertz CT molecular complexity index is 475. The van der Waals surface area contributed by atoms with E-state index in [1.807, 2.05) is 18.4 Å². The summed E-state index contributed by atoms with van der Waals surface area (Å²) in [4.78, 5) is 0.926. The molecule has 1 atom stereocenters. The molecule has 0 amide bonds. The number of hydrogen-bond donors (Lipinski definition) is 2. The molecule has 0 aliphatic carbocycles. The molecule has 4 nitrogen and oxygen atoms in total. The van der Waals surface area contributed by atoms with Crippen molar-refractivity contribution in [2.24, 2.45) is 7.05 Å². The highest BCUT2D eigenvalue weighted by Crippen LogP contribution is 2.31. The molecule has 0 saturated carbocycles. The number of nitrogens with two attached hydrogens (primary N) is 1. The highest BCUT2D eigenvalue weighted by Gasteiger charge is 2.19. The van der Waals surface area contributed by atoms with Crippen molar-refractivity contribution in [3.8, 4) is 0 Å². The van der Waals surface area contributed by atoms with Gasteiger partial charge in [-0.2, -0.15) is 5.10 Å². The van der Waals surface area contributed by atoms with Crippen LogP contribution in [0.2, 0.25) is 0 Å². The zero-order chi connectivity index (χ0) is 11.0. The molecule has 2 aromatic rings. The fraction of sp³-hybridized carbons (Fsp3) is 0.300. The molecule has 2 rings (SSSR count). The van der Waals surface area contributed by atoms with Crippen molar-refractivity contribution in [2.75, 3.05) is 5.73 Å². The van der Waals surface area contributed by atoms with Crippen LogP contribution in [0.25, 0.3) is 0 Å². The summed E-state index contributed by atoms with van der Waals surface area (Å²) in [5, 5.41) is 16.1. The van der Waals surface area contributed by atoms with Gasteiger partial charge in [-0.3, -0.25) is 4.68 Å². The van der Waals surface area contributed by atoms with Crippen LogP contribution in [0, 0.1) is 6.92 Å². The smallest absolute Gasteiger partial charge is 0.127 e. The maximum atomic E-state index is 10.1. The molecule has 0 aromatic carbocycles. The summed E-state index contributed by atoms with van der Waals surface area (Å²) in [7, 11) is 1.76. The molecule has 0 radical (unpaired) electrons. The second-order valence-corrected chi connectivity index (χ2v) is 4.43. The summed E-state index contributed by atoms with van der Waals surface area (Å²) in [6.07, 6.45) is 0.942. The summed E-state index contributed by atoms with van der Waals surface area (Å²) in [6.45, 7) is 1.97. The van der Waals surface area contributed by atoms with Crippen molar-refractivity contribution < 1.29 is 5.11 Å². The molecule has 0 saturated heterocycles. The van der Waals surface area contributed by atoms with Gasteiger partial charge in [-0.1, -0.05) is 0 Å². The molecule has 0 aliphatic heterocycles. The lowest BCUT2D eigenvalue weighted by Gasteiger charge is -2.09. The Balaban J connectivity index is 2.41. The first-order valence-corrected chi connectivity index (χ1v) is 5.48. The molecule has 15 heavy (non-hydrogen) atoms. The average Bonchev–Trinajstić information content (AvgIpc) is 2.75. The summed E-state index contributed by atoms with van der Waals surface area (Å²) < 4.78 is 1.56. The van der Waals surface area contributed by atoms with E-state index < -0.39 is 6.10 Å². The van der Waals surface area contributed by atoms with Crippen molar-refractivity contribution >= 4 is 17.2 Å². The van der Waals surface area contributed by atoms with Gasteiger partial charge in [-0.15, -0.1) is 11.3 Å².